The van der Waals surface area contributed by atoms with E-state index in [1.165, 1.54) is 6.07 Å². The molecular weight excluding hydrogens is 293 g/mol. The predicted molar refractivity (Wildman–Crippen MR) is 69.6 cm³/mol. The summed E-state index contributed by atoms with van der Waals surface area (Å²) in [6.07, 6.45) is 0. The summed E-state index contributed by atoms with van der Waals surface area (Å²) >= 11 is 1.95. The molecule has 0 saturated carbocycles. The average Bonchev–Trinajstić information content (AvgIpc) is 2.21. The fraction of sp³-hybridized carbons (Fsp3) is 0.364. The molecule has 0 N–H and O–H groups in total. The molecule has 0 unspecified atom stereocenters. The molecule has 1 aromatic rings. The van der Waals surface area contributed by atoms with Gasteiger partial charge < -0.3 is 4.55 Å². The summed E-state index contributed by atoms with van der Waals surface area (Å²) in [5, 5.41) is -0.0647. The number of halogens is 2. The van der Waals surface area contributed by atoms with Crippen molar-refractivity contribution in [3.63, 3.8) is 0 Å². The van der Waals surface area contributed by atoms with Crippen molar-refractivity contribution in [1.29, 1.82) is 0 Å². The maximum absolute atomic E-state index is 13.5. The van der Waals surface area contributed by atoms with Crippen molar-refractivity contribution in [3.05, 3.63) is 34.1 Å². The molecule has 0 fully saturated rings. The van der Waals surface area contributed by atoms with Crippen molar-refractivity contribution in [3.8, 4) is 0 Å². The number of rotatable bonds is 3. The van der Waals surface area contributed by atoms with Gasteiger partial charge in [-0.25, -0.2) is 4.39 Å². The summed E-state index contributed by atoms with van der Waals surface area (Å²) in [6, 6.07) is 4.61. The van der Waals surface area contributed by atoms with Gasteiger partial charge in [0.2, 0.25) is 0 Å². The number of hydrogen-bond acceptors (Lipinski definition) is 2. The molecule has 0 amide bonds. The molecule has 16 heavy (non-hydrogen) atoms. The third kappa shape index (κ3) is 3.57. The first kappa shape index (κ1) is 13.7. The second-order valence-corrected chi connectivity index (χ2v) is 6.22. The van der Waals surface area contributed by atoms with Gasteiger partial charge in [0.1, 0.15) is 11.1 Å². The fourth-order valence-electron chi connectivity index (χ4n) is 1.06. The van der Waals surface area contributed by atoms with Crippen LogP contribution < -0.4 is 0 Å². The Hall–Kier alpha value is -0.390. The Labute approximate surface area is 106 Å². The van der Waals surface area contributed by atoms with E-state index in [1.807, 2.05) is 13.8 Å². The minimum Gasteiger partial charge on any atom is -0.591 e. The van der Waals surface area contributed by atoms with Crippen molar-refractivity contribution in [2.45, 2.75) is 26.0 Å². The molecule has 0 bridgehead atoms. The Morgan fingerprint density at radius 3 is 2.69 bits per heavy atom. The molecule has 5 heteroatoms. The number of benzene rings is 1. The summed E-state index contributed by atoms with van der Waals surface area (Å²) in [5.74, 6) is -0.356. The minimum atomic E-state index is -1.31. The van der Waals surface area contributed by atoms with E-state index < -0.39 is 11.4 Å². The van der Waals surface area contributed by atoms with Crippen LogP contribution in [-0.2, 0) is 11.4 Å². The minimum absolute atomic E-state index is 0.0647. The fourth-order valence-corrected chi connectivity index (χ4v) is 2.00. The molecule has 0 heterocycles. The van der Waals surface area contributed by atoms with Crippen molar-refractivity contribution in [2.75, 3.05) is 0 Å². The summed E-state index contributed by atoms with van der Waals surface area (Å²) in [5.41, 5.74) is 0.828. The molecule has 0 aliphatic heterocycles. The lowest BCUT2D eigenvalue weighted by molar-refractivity contribution is 0.588. The van der Waals surface area contributed by atoms with Gasteiger partial charge in [0.25, 0.3) is 0 Å². The van der Waals surface area contributed by atoms with E-state index in [2.05, 4.69) is 20.3 Å². The predicted octanol–water partition coefficient (Wildman–Crippen LogP) is 3.47. The highest BCUT2D eigenvalue weighted by Crippen LogP contribution is 2.17. The summed E-state index contributed by atoms with van der Waals surface area (Å²) in [4.78, 5) is 0. The Bertz CT molecular complexity index is 409. The van der Waals surface area contributed by atoms with Gasteiger partial charge in [0.05, 0.1) is 17.1 Å². The zero-order chi connectivity index (χ0) is 12.3. The van der Waals surface area contributed by atoms with Crippen LogP contribution in [0.1, 0.15) is 26.3 Å². The maximum Gasteiger partial charge on any atom is 0.137 e. The van der Waals surface area contributed by atoms with Gasteiger partial charge in [-0.1, -0.05) is 20.3 Å². The van der Waals surface area contributed by atoms with Crippen molar-refractivity contribution in [2.24, 2.45) is 4.40 Å². The Kier molecular flexibility index (Phi) is 4.95. The van der Waals surface area contributed by atoms with Crippen LogP contribution in [0.5, 0.6) is 0 Å². The first-order chi connectivity index (χ1) is 7.41. The topological polar surface area (TPSA) is 35.4 Å². The second kappa shape index (κ2) is 5.80. The van der Waals surface area contributed by atoms with Gasteiger partial charge >= 0.3 is 0 Å². The maximum atomic E-state index is 13.5. The van der Waals surface area contributed by atoms with Crippen LogP contribution in [0, 0.1) is 5.82 Å². The lowest BCUT2D eigenvalue weighted by Crippen LogP contribution is -2.13. The Morgan fingerprint density at radius 2 is 2.12 bits per heavy atom. The summed E-state index contributed by atoms with van der Waals surface area (Å²) in [6.45, 7) is 5.28. The molecule has 0 saturated heterocycles. The molecule has 0 radical (unpaired) electrons. The smallest absolute Gasteiger partial charge is 0.137 e. The number of hydrogen-bond donors (Lipinski definition) is 0. The third-order valence-corrected chi connectivity index (χ3v) is 3.70. The van der Waals surface area contributed by atoms with E-state index in [0.717, 1.165) is 4.47 Å². The molecule has 0 aromatic heterocycles. The van der Waals surface area contributed by atoms with Gasteiger partial charge in [0.15, 0.2) is 0 Å². The van der Waals surface area contributed by atoms with Gasteiger partial charge in [0, 0.05) is 10.0 Å². The van der Waals surface area contributed by atoms with Crippen LogP contribution in [0.25, 0.3) is 0 Å². The van der Waals surface area contributed by atoms with E-state index in [9.17, 15) is 8.94 Å². The molecule has 1 rings (SSSR count). The van der Waals surface area contributed by atoms with E-state index in [-0.39, 0.29) is 11.1 Å². The van der Waals surface area contributed by atoms with Gasteiger partial charge in [-0.3, -0.25) is 0 Å². The van der Waals surface area contributed by atoms with Crippen LogP contribution in [-0.4, -0.2) is 15.5 Å². The quantitative estimate of drug-likeness (QED) is 0.622. The van der Waals surface area contributed by atoms with Crippen LogP contribution in [0.3, 0.4) is 0 Å². The van der Waals surface area contributed by atoms with Crippen LogP contribution >= 0.6 is 15.9 Å². The molecule has 0 aliphatic rings. The Balaban J connectivity index is 3.04. The lowest BCUT2D eigenvalue weighted by atomic mass is 10.1. The first-order valence-electron chi connectivity index (χ1n) is 4.83. The monoisotopic (exact) mass is 305 g/mol. The SMILES string of the molecule is C/C(=N\[S@+]([O-])C(C)C)c1cc(Br)ccc1F. The van der Waals surface area contributed by atoms with Gasteiger partial charge in [-0.2, -0.15) is 0 Å². The van der Waals surface area contributed by atoms with Crippen molar-refractivity contribution >= 4 is 33.0 Å². The second-order valence-electron chi connectivity index (χ2n) is 3.63. The van der Waals surface area contributed by atoms with Gasteiger partial charge in [-0.05, 0) is 39.0 Å². The van der Waals surface area contributed by atoms with Crippen LogP contribution in [0.4, 0.5) is 4.39 Å². The first-order valence-corrected chi connectivity index (χ1v) is 6.79. The zero-order valence-corrected chi connectivity index (χ0v) is 11.7. The van der Waals surface area contributed by atoms with Gasteiger partial charge in [-0.15, -0.1) is 0 Å². The number of nitrogens with zero attached hydrogens (tertiary/aromatic N) is 1. The third-order valence-electron chi connectivity index (χ3n) is 1.95. The molecule has 88 valence electrons. The van der Waals surface area contributed by atoms with Crippen molar-refractivity contribution < 1.29 is 8.94 Å². The van der Waals surface area contributed by atoms with Crippen LogP contribution in [0.2, 0.25) is 0 Å². The molecule has 2 nitrogen and oxygen atoms in total. The largest absolute Gasteiger partial charge is 0.591 e. The van der Waals surface area contributed by atoms with E-state index in [0.29, 0.717) is 11.3 Å². The van der Waals surface area contributed by atoms with E-state index >= 15 is 0 Å². The molecular formula is C11H13BrFNOS. The summed E-state index contributed by atoms with van der Waals surface area (Å²) < 4.78 is 29.7. The summed E-state index contributed by atoms with van der Waals surface area (Å²) in [7, 11) is 0. The normalized spacial score (nSPS) is 14.3. The molecule has 1 atom stereocenters. The standard InChI is InChI=1S/C11H13BrFNOS/c1-7(2)16(15)14-8(3)10-6-9(12)4-5-11(10)13/h4-7H,1-3H3/b14-8+/t16-/m1/s1. The molecule has 0 aliphatic carbocycles. The van der Waals surface area contributed by atoms with Crippen molar-refractivity contribution in [1.82, 2.24) is 0 Å². The van der Waals surface area contributed by atoms with E-state index in [4.69, 9.17) is 0 Å². The lowest BCUT2D eigenvalue weighted by Gasteiger charge is -2.09. The zero-order valence-electron chi connectivity index (χ0n) is 9.33. The average molecular weight is 306 g/mol. The highest BCUT2D eigenvalue weighted by molar-refractivity contribution is 9.10. The molecule has 1 aromatic carbocycles. The molecule has 0 spiro atoms. The van der Waals surface area contributed by atoms with E-state index in [1.54, 1.807) is 19.1 Å². The van der Waals surface area contributed by atoms with Crippen LogP contribution in [0.15, 0.2) is 27.1 Å². The Morgan fingerprint density at radius 1 is 1.50 bits per heavy atom. The highest BCUT2D eigenvalue weighted by atomic mass is 79.9. The highest BCUT2D eigenvalue weighted by Gasteiger charge is 2.14.